The number of para-hydroxylation sites is 2. The fourth-order valence-electron chi connectivity index (χ4n) is 5.39. The minimum atomic E-state index is -5.10. The average molecular weight is 722 g/mol. The molecule has 1 heterocycles. The van der Waals surface area contributed by atoms with E-state index in [9.17, 15) is 22.8 Å². The minimum Gasteiger partial charge on any atom is -0.491 e. The summed E-state index contributed by atoms with van der Waals surface area (Å²) in [6.07, 6.45) is -13.5. The fourth-order valence-corrected chi connectivity index (χ4v) is 5.39. The van der Waals surface area contributed by atoms with E-state index < -0.39 is 67.4 Å². The van der Waals surface area contributed by atoms with Crippen molar-refractivity contribution in [3.63, 3.8) is 0 Å². The molecule has 0 amide bonds. The Bertz CT molecular complexity index is 1730. The van der Waals surface area contributed by atoms with E-state index in [2.05, 4.69) is 4.99 Å². The van der Waals surface area contributed by atoms with Gasteiger partial charge in [-0.2, -0.15) is 13.2 Å². The number of rotatable bonds is 14. The first-order chi connectivity index (χ1) is 25.1. The van der Waals surface area contributed by atoms with Crippen LogP contribution in [0.3, 0.4) is 0 Å². The predicted molar refractivity (Wildman–Crippen MR) is 183 cm³/mol. The highest BCUT2D eigenvalue weighted by molar-refractivity contribution is 5.84. The molecule has 0 aliphatic carbocycles. The maximum atomic E-state index is 14.6. The number of aliphatic imine (C=N–C) groups is 1. The number of esters is 2. The van der Waals surface area contributed by atoms with E-state index in [0.29, 0.717) is 11.3 Å². The Labute approximate surface area is 299 Å². The van der Waals surface area contributed by atoms with Crippen LogP contribution in [-0.4, -0.2) is 67.9 Å². The smallest absolute Gasteiger partial charge is 0.468 e. The molecule has 1 fully saturated rings. The van der Waals surface area contributed by atoms with Crippen LogP contribution in [0.1, 0.15) is 31.1 Å². The van der Waals surface area contributed by atoms with Gasteiger partial charge in [0.05, 0.1) is 12.3 Å². The molecule has 4 aromatic carbocycles. The summed E-state index contributed by atoms with van der Waals surface area (Å²) in [6.45, 7) is 1.70. The highest BCUT2D eigenvalue weighted by atomic mass is 19.4. The molecule has 0 spiro atoms. The Kier molecular flexibility index (Phi) is 13.4. The topological polar surface area (TPSA) is 111 Å². The van der Waals surface area contributed by atoms with E-state index in [0.717, 1.165) is 19.4 Å². The summed E-state index contributed by atoms with van der Waals surface area (Å²) in [6, 6.07) is 34.1. The van der Waals surface area contributed by atoms with Crippen LogP contribution >= 0.6 is 0 Å². The monoisotopic (exact) mass is 721 g/mol. The molecule has 0 radical (unpaired) electrons. The van der Waals surface area contributed by atoms with Gasteiger partial charge in [0.15, 0.2) is 12.2 Å². The summed E-state index contributed by atoms with van der Waals surface area (Å²) in [5.74, 6) is -2.61. The summed E-state index contributed by atoms with van der Waals surface area (Å²) in [5.41, 5.74) is 1.29. The predicted octanol–water partition coefficient (Wildman–Crippen LogP) is 7.31. The standard InChI is InChI=1S/C39H38F3NO9/c1-26(44)46-25-33-34(48-23-28-15-7-3-8-16-28)35(49-27(2)45)36(37(51-33)52-38(39(40,41)42)43-30-19-11-5-12-20-30)50-32(29-17-9-4-10-18-29)24-47-31-21-13-6-14-22-31/h3-22,32-37H,23-25H2,1-2H3/t32?,33-,34-,35+,36-,37+/m1/s1. The van der Waals surface area contributed by atoms with Crippen molar-refractivity contribution in [1.29, 1.82) is 0 Å². The van der Waals surface area contributed by atoms with Crippen molar-refractivity contribution in [2.45, 2.75) is 63.4 Å². The summed E-state index contributed by atoms with van der Waals surface area (Å²) in [5, 5.41) is 0. The van der Waals surface area contributed by atoms with Crippen LogP contribution in [0, 0.1) is 0 Å². The molecule has 1 saturated heterocycles. The Balaban J connectivity index is 1.58. The first-order valence-electron chi connectivity index (χ1n) is 16.4. The van der Waals surface area contributed by atoms with E-state index in [1.807, 2.05) is 12.1 Å². The van der Waals surface area contributed by atoms with Gasteiger partial charge in [0, 0.05) is 13.8 Å². The Morgan fingerprint density at radius 3 is 1.94 bits per heavy atom. The lowest BCUT2D eigenvalue weighted by Gasteiger charge is -2.45. The molecular formula is C39H38F3NO9. The Hall–Kier alpha value is -5.24. The lowest BCUT2D eigenvalue weighted by molar-refractivity contribution is -0.314. The van der Waals surface area contributed by atoms with Crippen LogP contribution in [0.4, 0.5) is 18.9 Å². The second-order valence-corrected chi connectivity index (χ2v) is 11.7. The number of hydrogen-bond donors (Lipinski definition) is 0. The van der Waals surface area contributed by atoms with E-state index in [4.69, 9.17) is 33.2 Å². The van der Waals surface area contributed by atoms with E-state index in [1.54, 1.807) is 84.9 Å². The van der Waals surface area contributed by atoms with Crippen LogP contribution in [0.15, 0.2) is 126 Å². The number of nitrogens with zero attached hydrogens (tertiary/aromatic N) is 1. The minimum absolute atomic E-state index is 0.0239. The highest BCUT2D eigenvalue weighted by Gasteiger charge is 2.54. The number of hydrogen-bond acceptors (Lipinski definition) is 10. The lowest BCUT2D eigenvalue weighted by Crippen LogP contribution is -2.63. The molecule has 1 unspecified atom stereocenters. The van der Waals surface area contributed by atoms with Gasteiger partial charge in [0.2, 0.25) is 6.29 Å². The number of halogens is 3. The van der Waals surface area contributed by atoms with Crippen molar-refractivity contribution in [3.05, 3.63) is 132 Å². The summed E-state index contributed by atoms with van der Waals surface area (Å²) in [4.78, 5) is 28.4. The van der Waals surface area contributed by atoms with E-state index >= 15 is 0 Å². The normalized spacial score (nSPS) is 21.1. The molecule has 0 bridgehead atoms. The molecule has 274 valence electrons. The number of benzene rings is 4. The fraction of sp³-hybridized carbons (Fsp3) is 0.308. The van der Waals surface area contributed by atoms with E-state index in [-0.39, 0.29) is 18.9 Å². The van der Waals surface area contributed by atoms with Crippen LogP contribution in [0.2, 0.25) is 0 Å². The van der Waals surface area contributed by atoms with Gasteiger partial charge in [0.1, 0.15) is 37.3 Å². The van der Waals surface area contributed by atoms with Gasteiger partial charge in [-0.15, -0.1) is 0 Å². The molecule has 0 N–H and O–H groups in total. The second-order valence-electron chi connectivity index (χ2n) is 11.7. The Morgan fingerprint density at radius 2 is 1.35 bits per heavy atom. The maximum absolute atomic E-state index is 14.6. The number of ether oxygens (including phenoxy) is 7. The first-order valence-corrected chi connectivity index (χ1v) is 16.4. The SMILES string of the molecule is CC(=O)OC[C@H]1O[C@@H](OC(=Nc2ccccc2)C(F)(F)F)[C@H](OC(COc2ccccc2)c2ccccc2)[C@@H](OC(C)=O)[C@@H]1OCc1ccccc1. The molecule has 0 aromatic heterocycles. The van der Waals surface area contributed by atoms with Crippen LogP contribution < -0.4 is 4.74 Å². The summed E-state index contributed by atoms with van der Waals surface area (Å²) < 4.78 is 85.6. The third-order valence-electron chi connectivity index (χ3n) is 7.72. The van der Waals surface area contributed by atoms with Gasteiger partial charge < -0.3 is 33.2 Å². The van der Waals surface area contributed by atoms with Crippen molar-refractivity contribution < 1.29 is 55.9 Å². The average Bonchev–Trinajstić information content (AvgIpc) is 3.13. The van der Waals surface area contributed by atoms with Gasteiger partial charge in [-0.1, -0.05) is 97.1 Å². The molecule has 5 rings (SSSR count). The molecule has 1 aliphatic rings. The molecular weight excluding hydrogens is 683 g/mol. The maximum Gasteiger partial charge on any atom is 0.468 e. The highest BCUT2D eigenvalue weighted by Crippen LogP contribution is 2.36. The summed E-state index contributed by atoms with van der Waals surface area (Å²) in [7, 11) is 0. The van der Waals surface area contributed by atoms with Crippen LogP contribution in [0.5, 0.6) is 5.75 Å². The van der Waals surface area contributed by atoms with Gasteiger partial charge in [-0.05, 0) is 35.4 Å². The van der Waals surface area contributed by atoms with Gasteiger partial charge in [0.25, 0.3) is 5.90 Å². The molecule has 4 aromatic rings. The molecule has 0 saturated carbocycles. The van der Waals surface area contributed by atoms with Crippen molar-refractivity contribution >= 4 is 23.5 Å². The summed E-state index contributed by atoms with van der Waals surface area (Å²) >= 11 is 0. The van der Waals surface area contributed by atoms with Crippen LogP contribution in [0.25, 0.3) is 0 Å². The molecule has 13 heteroatoms. The van der Waals surface area contributed by atoms with Gasteiger partial charge in [-0.3, -0.25) is 9.59 Å². The second kappa shape index (κ2) is 18.3. The number of alkyl halides is 3. The first kappa shape index (κ1) is 38.0. The molecule has 6 atom stereocenters. The van der Waals surface area contributed by atoms with Crippen molar-refractivity contribution in [2.24, 2.45) is 4.99 Å². The molecule has 52 heavy (non-hydrogen) atoms. The van der Waals surface area contributed by atoms with Crippen molar-refractivity contribution in [2.75, 3.05) is 13.2 Å². The zero-order valence-electron chi connectivity index (χ0n) is 28.4. The van der Waals surface area contributed by atoms with Gasteiger partial charge in [-0.25, -0.2) is 4.99 Å². The van der Waals surface area contributed by atoms with Crippen LogP contribution in [-0.2, 0) is 44.6 Å². The van der Waals surface area contributed by atoms with Crippen molar-refractivity contribution in [1.82, 2.24) is 0 Å². The van der Waals surface area contributed by atoms with E-state index in [1.165, 1.54) is 24.3 Å². The number of carbonyl (C=O) groups excluding carboxylic acids is 2. The third-order valence-corrected chi connectivity index (χ3v) is 7.72. The zero-order valence-corrected chi connectivity index (χ0v) is 28.4. The van der Waals surface area contributed by atoms with Crippen molar-refractivity contribution in [3.8, 4) is 5.75 Å². The third kappa shape index (κ3) is 11.1. The molecule has 1 aliphatic heterocycles. The Morgan fingerprint density at radius 1 is 0.750 bits per heavy atom. The zero-order chi connectivity index (χ0) is 36.9. The molecule has 10 nitrogen and oxygen atoms in total. The lowest BCUT2D eigenvalue weighted by atomic mass is 9.97. The van der Waals surface area contributed by atoms with Gasteiger partial charge >= 0.3 is 18.1 Å². The number of carbonyl (C=O) groups is 2. The largest absolute Gasteiger partial charge is 0.491 e. The quantitative estimate of drug-likeness (QED) is 0.0752.